The molecular weight excluding hydrogens is 372 g/mol. The van der Waals surface area contributed by atoms with Gasteiger partial charge in [0.15, 0.2) is 0 Å². The topological polar surface area (TPSA) is 84.0 Å². The number of methoxy groups -OCH3 is 2. The molecule has 29 heavy (non-hydrogen) atoms. The van der Waals surface area contributed by atoms with Crippen LogP contribution in [-0.4, -0.2) is 73.5 Å². The van der Waals surface area contributed by atoms with Crippen LogP contribution in [0.25, 0.3) is 0 Å². The third kappa shape index (κ3) is 4.83. The summed E-state index contributed by atoms with van der Waals surface area (Å²) in [6.07, 6.45) is 1.48. The van der Waals surface area contributed by atoms with Gasteiger partial charge in [-0.15, -0.1) is 0 Å². The number of ether oxygens (including phenoxy) is 2. The van der Waals surface area contributed by atoms with Gasteiger partial charge in [0.25, 0.3) is 11.8 Å². The first kappa shape index (κ1) is 20.6. The molecule has 1 N–H and O–H groups in total. The average molecular weight is 398 g/mol. The Labute approximate surface area is 170 Å². The molecule has 1 aliphatic heterocycles. The fourth-order valence-electron chi connectivity index (χ4n) is 3.24. The predicted molar refractivity (Wildman–Crippen MR) is 110 cm³/mol. The van der Waals surface area contributed by atoms with Crippen molar-refractivity contribution in [1.29, 1.82) is 0 Å². The zero-order valence-electron chi connectivity index (χ0n) is 17.0. The molecule has 0 saturated carbocycles. The first-order valence-corrected chi connectivity index (χ1v) is 9.56. The van der Waals surface area contributed by atoms with Gasteiger partial charge in [-0.1, -0.05) is 6.92 Å². The van der Waals surface area contributed by atoms with Crippen LogP contribution >= 0.6 is 0 Å². The molecule has 8 heteroatoms. The second-order valence-corrected chi connectivity index (χ2v) is 6.68. The number of hydrogen-bond donors (Lipinski definition) is 1. The minimum Gasteiger partial charge on any atom is -0.497 e. The van der Waals surface area contributed by atoms with Crippen LogP contribution in [0.5, 0.6) is 11.5 Å². The highest BCUT2D eigenvalue weighted by atomic mass is 16.5. The lowest BCUT2D eigenvalue weighted by atomic mass is 10.1. The van der Waals surface area contributed by atoms with Crippen LogP contribution in [0.2, 0.25) is 0 Å². The number of carbonyl (C=O) groups excluding carboxylic acids is 2. The summed E-state index contributed by atoms with van der Waals surface area (Å²) < 4.78 is 10.5. The van der Waals surface area contributed by atoms with E-state index in [-0.39, 0.29) is 11.6 Å². The van der Waals surface area contributed by atoms with Crippen LogP contribution in [-0.2, 0) is 0 Å². The quantitative estimate of drug-likeness (QED) is 0.803. The molecular formula is C21H26N4O4. The van der Waals surface area contributed by atoms with Gasteiger partial charge in [0, 0.05) is 44.0 Å². The summed E-state index contributed by atoms with van der Waals surface area (Å²) in [6.45, 7) is 6.17. The van der Waals surface area contributed by atoms with Gasteiger partial charge in [-0.25, -0.2) is 0 Å². The van der Waals surface area contributed by atoms with Crippen LogP contribution in [0, 0.1) is 0 Å². The van der Waals surface area contributed by atoms with Crippen LogP contribution in [0.3, 0.4) is 0 Å². The first-order chi connectivity index (χ1) is 14.0. The smallest absolute Gasteiger partial charge is 0.274 e. The van der Waals surface area contributed by atoms with Crippen molar-refractivity contribution >= 4 is 17.5 Å². The normalized spacial score (nSPS) is 14.4. The Balaban J connectivity index is 1.74. The lowest BCUT2D eigenvalue weighted by molar-refractivity contribution is 0.0643. The Bertz CT molecular complexity index is 879. The molecule has 0 radical (unpaired) electrons. The molecule has 154 valence electrons. The fraction of sp³-hybridized carbons (Fsp3) is 0.381. The van der Waals surface area contributed by atoms with E-state index < -0.39 is 5.91 Å². The van der Waals surface area contributed by atoms with Gasteiger partial charge in [-0.05, 0) is 30.8 Å². The number of amides is 2. The molecule has 0 unspecified atom stereocenters. The number of carbonyl (C=O) groups is 2. The number of pyridine rings is 1. The molecule has 0 aliphatic carbocycles. The Kier molecular flexibility index (Phi) is 6.66. The Morgan fingerprint density at radius 1 is 1.07 bits per heavy atom. The van der Waals surface area contributed by atoms with Gasteiger partial charge in [0.1, 0.15) is 17.2 Å². The Hall–Kier alpha value is -3.13. The number of piperazine rings is 1. The van der Waals surface area contributed by atoms with Crippen LogP contribution in [0.4, 0.5) is 5.69 Å². The summed E-state index contributed by atoms with van der Waals surface area (Å²) >= 11 is 0. The standard InChI is InChI=1S/C21H26N4O4/c1-4-24-9-11-25(12-10-24)21(27)15-7-8-22-18(13-15)20(26)23-17-14-16(28-2)5-6-19(17)29-3/h5-8,13-14H,4,9-12H2,1-3H3,(H,23,26). The molecule has 0 atom stereocenters. The summed E-state index contributed by atoms with van der Waals surface area (Å²) in [4.78, 5) is 33.8. The maximum absolute atomic E-state index is 12.8. The van der Waals surface area contributed by atoms with Crippen molar-refractivity contribution in [1.82, 2.24) is 14.8 Å². The summed E-state index contributed by atoms with van der Waals surface area (Å²) in [6, 6.07) is 8.27. The summed E-state index contributed by atoms with van der Waals surface area (Å²) in [5.41, 5.74) is 1.08. The Morgan fingerprint density at radius 3 is 2.48 bits per heavy atom. The number of benzene rings is 1. The van der Waals surface area contributed by atoms with Gasteiger partial charge in [0.2, 0.25) is 0 Å². The molecule has 1 fully saturated rings. The van der Waals surface area contributed by atoms with Crippen LogP contribution < -0.4 is 14.8 Å². The van der Waals surface area contributed by atoms with Crippen LogP contribution in [0.15, 0.2) is 36.5 Å². The largest absolute Gasteiger partial charge is 0.497 e. The van der Waals surface area contributed by atoms with E-state index in [4.69, 9.17) is 9.47 Å². The van der Waals surface area contributed by atoms with E-state index in [1.165, 1.54) is 19.4 Å². The van der Waals surface area contributed by atoms with Crippen LogP contribution in [0.1, 0.15) is 27.8 Å². The van der Waals surface area contributed by atoms with E-state index in [1.807, 2.05) is 4.90 Å². The van der Waals surface area contributed by atoms with Crippen molar-refractivity contribution in [2.24, 2.45) is 0 Å². The van der Waals surface area contributed by atoms with Gasteiger partial charge < -0.3 is 24.6 Å². The summed E-state index contributed by atoms with van der Waals surface area (Å²) in [5, 5.41) is 2.77. The molecule has 1 aromatic carbocycles. The van der Waals surface area contributed by atoms with E-state index in [0.717, 1.165) is 19.6 Å². The minimum atomic E-state index is -0.429. The predicted octanol–water partition coefficient (Wildman–Crippen LogP) is 2.13. The number of nitrogens with one attached hydrogen (secondary N) is 1. The average Bonchev–Trinajstić information content (AvgIpc) is 2.78. The number of likely N-dealkylation sites (N-methyl/N-ethyl adjacent to an activating group) is 1. The lowest BCUT2D eigenvalue weighted by Crippen LogP contribution is -2.48. The zero-order chi connectivity index (χ0) is 20.8. The highest BCUT2D eigenvalue weighted by Gasteiger charge is 2.22. The van der Waals surface area contributed by atoms with E-state index in [0.29, 0.717) is 35.8 Å². The number of rotatable bonds is 6. The molecule has 1 aromatic heterocycles. The maximum Gasteiger partial charge on any atom is 0.274 e. The van der Waals surface area contributed by atoms with Gasteiger partial charge in [-0.2, -0.15) is 0 Å². The highest BCUT2D eigenvalue weighted by Crippen LogP contribution is 2.29. The molecule has 2 amide bonds. The molecule has 8 nitrogen and oxygen atoms in total. The van der Waals surface area contributed by atoms with E-state index in [1.54, 1.807) is 31.4 Å². The SMILES string of the molecule is CCN1CCN(C(=O)c2ccnc(C(=O)Nc3cc(OC)ccc3OC)c2)CC1. The maximum atomic E-state index is 12.8. The fourth-order valence-corrected chi connectivity index (χ4v) is 3.24. The molecule has 0 spiro atoms. The summed E-state index contributed by atoms with van der Waals surface area (Å²) in [7, 11) is 3.07. The molecule has 2 aromatic rings. The zero-order valence-corrected chi connectivity index (χ0v) is 17.0. The second kappa shape index (κ2) is 9.38. The molecule has 1 aliphatic rings. The van der Waals surface area contributed by atoms with E-state index in [9.17, 15) is 9.59 Å². The van der Waals surface area contributed by atoms with E-state index in [2.05, 4.69) is 22.1 Å². The van der Waals surface area contributed by atoms with Crippen molar-refractivity contribution in [3.8, 4) is 11.5 Å². The Morgan fingerprint density at radius 2 is 1.83 bits per heavy atom. The van der Waals surface area contributed by atoms with Crippen molar-refractivity contribution in [3.05, 3.63) is 47.8 Å². The van der Waals surface area contributed by atoms with Crippen molar-refractivity contribution in [2.75, 3.05) is 52.3 Å². The number of hydrogen-bond acceptors (Lipinski definition) is 6. The van der Waals surface area contributed by atoms with Crippen molar-refractivity contribution in [2.45, 2.75) is 6.92 Å². The molecule has 2 heterocycles. The molecule has 3 rings (SSSR count). The highest BCUT2D eigenvalue weighted by molar-refractivity contribution is 6.05. The number of anilines is 1. The van der Waals surface area contributed by atoms with E-state index >= 15 is 0 Å². The second-order valence-electron chi connectivity index (χ2n) is 6.68. The lowest BCUT2D eigenvalue weighted by Gasteiger charge is -2.34. The third-order valence-electron chi connectivity index (χ3n) is 5.00. The summed E-state index contributed by atoms with van der Waals surface area (Å²) in [5.74, 6) is 0.572. The van der Waals surface area contributed by atoms with Gasteiger partial charge in [-0.3, -0.25) is 14.6 Å². The van der Waals surface area contributed by atoms with Crippen molar-refractivity contribution in [3.63, 3.8) is 0 Å². The minimum absolute atomic E-state index is 0.0869. The van der Waals surface area contributed by atoms with Gasteiger partial charge in [0.05, 0.1) is 19.9 Å². The first-order valence-electron chi connectivity index (χ1n) is 9.56. The third-order valence-corrected chi connectivity index (χ3v) is 5.00. The number of nitrogens with zero attached hydrogens (tertiary/aromatic N) is 3. The number of aromatic nitrogens is 1. The van der Waals surface area contributed by atoms with Crippen molar-refractivity contribution < 1.29 is 19.1 Å². The molecule has 1 saturated heterocycles. The molecule has 0 bridgehead atoms. The van der Waals surface area contributed by atoms with Gasteiger partial charge >= 0.3 is 0 Å². The monoisotopic (exact) mass is 398 g/mol.